The fourth-order valence-corrected chi connectivity index (χ4v) is 1.84. The van der Waals surface area contributed by atoms with E-state index in [0.29, 0.717) is 0 Å². The van der Waals surface area contributed by atoms with Gasteiger partial charge in [0.05, 0.1) is 6.33 Å². The quantitative estimate of drug-likeness (QED) is 0.473. The van der Waals surface area contributed by atoms with Crippen LogP contribution in [0.1, 0.15) is 19.3 Å². The van der Waals surface area contributed by atoms with Gasteiger partial charge in [0.25, 0.3) is 0 Å². The Morgan fingerprint density at radius 1 is 0.483 bits per heavy atom. The lowest BCUT2D eigenvalue weighted by atomic mass is 10.2. The number of aromatic nitrogens is 7. The number of hydrogen-bond donors (Lipinski definition) is 2. The minimum absolute atomic E-state index is 1.25. The molecule has 2 N–H and O–H groups in total. The normalized spacial score (nSPS) is 11.3. The third kappa shape index (κ3) is 19.1. The van der Waals surface area contributed by atoms with Gasteiger partial charge in [-0.1, -0.05) is 12.5 Å². The molecule has 4 aromatic rings. The second-order valence-electron chi connectivity index (χ2n) is 5.39. The minimum atomic E-state index is 1.25. The number of aromatic amines is 1. The van der Waals surface area contributed by atoms with E-state index < -0.39 is 0 Å². The molecule has 1 aliphatic heterocycles. The summed E-state index contributed by atoms with van der Waals surface area (Å²) in [6, 6.07) is 7.49. The Bertz CT molecular complexity index is 537. The number of pyridine rings is 1. The van der Waals surface area contributed by atoms with E-state index in [1.807, 2.05) is 18.2 Å². The van der Waals surface area contributed by atoms with E-state index >= 15 is 0 Å². The lowest BCUT2D eigenvalue weighted by Crippen LogP contribution is -2.21. The van der Waals surface area contributed by atoms with Gasteiger partial charge in [0, 0.05) is 62.0 Å². The first kappa shape index (κ1) is 23.5. The molecule has 152 valence electrons. The van der Waals surface area contributed by atoms with Crippen molar-refractivity contribution >= 4 is 0 Å². The molecule has 1 saturated heterocycles. The largest absolute Gasteiger partial charge is 0.351 e. The molecule has 0 saturated carbocycles. The van der Waals surface area contributed by atoms with Crippen molar-refractivity contribution in [3.8, 4) is 0 Å². The standard InChI is InChI=1S/C5H11N.C5H5N.2C4H4N2.C3H4N2/c2*1-2-4-6-5-3-1;1-2-6-4-3-5-1;1-2-5-4-6-3-1;1-2-5-3-4-1/h6H,1-5H2;1-5H;2*1-4H;1-3H,(H,4,5). The second kappa shape index (κ2) is 20.8. The third-order valence-electron chi connectivity index (χ3n) is 3.13. The van der Waals surface area contributed by atoms with Crippen LogP contribution in [-0.4, -0.2) is 48.0 Å². The van der Waals surface area contributed by atoms with E-state index in [-0.39, 0.29) is 0 Å². The van der Waals surface area contributed by atoms with Crippen LogP contribution >= 0.6 is 0 Å². The molecule has 0 radical (unpaired) electrons. The van der Waals surface area contributed by atoms with E-state index in [9.17, 15) is 0 Å². The predicted molar refractivity (Wildman–Crippen MR) is 114 cm³/mol. The van der Waals surface area contributed by atoms with Crippen molar-refractivity contribution in [2.45, 2.75) is 19.3 Å². The summed E-state index contributed by atoms with van der Waals surface area (Å²) in [7, 11) is 0. The molecule has 8 nitrogen and oxygen atoms in total. The van der Waals surface area contributed by atoms with E-state index in [0.717, 1.165) is 0 Å². The molecule has 0 aliphatic carbocycles. The molecule has 8 heteroatoms. The van der Waals surface area contributed by atoms with Crippen LogP contribution in [0.25, 0.3) is 0 Å². The molecule has 1 fully saturated rings. The van der Waals surface area contributed by atoms with Crippen LogP contribution in [0.2, 0.25) is 0 Å². The van der Waals surface area contributed by atoms with Crippen molar-refractivity contribution in [2.75, 3.05) is 13.1 Å². The number of imidazole rings is 1. The van der Waals surface area contributed by atoms with Gasteiger partial charge in [-0.2, -0.15) is 0 Å². The summed E-state index contributed by atoms with van der Waals surface area (Å²) in [5, 5.41) is 3.28. The van der Waals surface area contributed by atoms with Crippen LogP contribution < -0.4 is 5.32 Å². The van der Waals surface area contributed by atoms with Crippen molar-refractivity contribution in [3.05, 3.63) is 98.9 Å². The van der Waals surface area contributed by atoms with Gasteiger partial charge in [0.1, 0.15) is 6.33 Å². The molecule has 29 heavy (non-hydrogen) atoms. The average molecular weight is 393 g/mol. The smallest absolute Gasteiger partial charge is 0.115 e. The molecule has 0 bridgehead atoms. The summed E-state index contributed by atoms with van der Waals surface area (Å²) >= 11 is 0. The van der Waals surface area contributed by atoms with Gasteiger partial charge in [-0.05, 0) is 44.1 Å². The molecule has 0 aromatic carbocycles. The lowest BCUT2D eigenvalue weighted by Gasteiger charge is -2.08. The SMILES string of the molecule is C1CCNCC1.c1c[nH]cn1.c1ccncc1.c1cnccn1.c1cncnc1. The molecule has 0 unspecified atom stereocenters. The van der Waals surface area contributed by atoms with E-state index in [2.05, 4.69) is 40.2 Å². The molecule has 5 rings (SSSR count). The first-order chi connectivity index (χ1) is 14.5. The minimum Gasteiger partial charge on any atom is -0.351 e. The molecule has 0 amide bonds. The Kier molecular flexibility index (Phi) is 16.9. The summed E-state index contributed by atoms with van der Waals surface area (Å²) in [5.74, 6) is 0. The van der Waals surface area contributed by atoms with Gasteiger partial charge < -0.3 is 10.3 Å². The Hall–Kier alpha value is -3.52. The predicted octanol–water partition coefficient (Wildman–Crippen LogP) is 3.20. The van der Waals surface area contributed by atoms with Gasteiger partial charge in [-0.25, -0.2) is 15.0 Å². The summed E-state index contributed by atoms with van der Waals surface area (Å²) in [6.45, 7) is 2.50. The van der Waals surface area contributed by atoms with Crippen molar-refractivity contribution in [3.63, 3.8) is 0 Å². The van der Waals surface area contributed by atoms with Crippen LogP contribution in [0.4, 0.5) is 0 Å². The summed E-state index contributed by atoms with van der Waals surface area (Å²) in [4.78, 5) is 25.0. The number of H-pyrrole nitrogens is 1. The van der Waals surface area contributed by atoms with Crippen LogP contribution in [0.5, 0.6) is 0 Å². The Morgan fingerprint density at radius 2 is 1.07 bits per heavy atom. The first-order valence-electron chi connectivity index (χ1n) is 9.38. The van der Waals surface area contributed by atoms with Crippen LogP contribution in [0.15, 0.2) is 98.9 Å². The zero-order chi connectivity index (χ0) is 20.5. The summed E-state index contributed by atoms with van der Waals surface area (Å²) in [5.41, 5.74) is 0. The highest BCUT2D eigenvalue weighted by Crippen LogP contribution is 1.96. The average Bonchev–Trinajstić information content (AvgIpc) is 3.45. The summed E-state index contributed by atoms with van der Waals surface area (Å²) < 4.78 is 0. The van der Waals surface area contributed by atoms with Gasteiger partial charge in [0.2, 0.25) is 0 Å². The lowest BCUT2D eigenvalue weighted by molar-refractivity contribution is 0.520. The topological polar surface area (TPSA) is 105 Å². The van der Waals surface area contributed by atoms with Gasteiger partial charge in [-0.3, -0.25) is 15.0 Å². The van der Waals surface area contributed by atoms with Gasteiger partial charge >= 0.3 is 0 Å². The third-order valence-corrected chi connectivity index (χ3v) is 3.13. The molecular formula is C21H28N8. The van der Waals surface area contributed by atoms with Crippen LogP contribution in [0, 0.1) is 0 Å². The van der Waals surface area contributed by atoms with E-state index in [4.69, 9.17) is 0 Å². The fourth-order valence-electron chi connectivity index (χ4n) is 1.84. The van der Waals surface area contributed by atoms with Crippen molar-refractivity contribution in [1.82, 2.24) is 40.2 Å². The molecule has 0 atom stereocenters. The maximum Gasteiger partial charge on any atom is 0.115 e. The zero-order valence-electron chi connectivity index (χ0n) is 16.5. The Labute approximate surface area is 172 Å². The first-order valence-corrected chi connectivity index (χ1v) is 9.38. The van der Waals surface area contributed by atoms with Crippen molar-refractivity contribution < 1.29 is 0 Å². The Balaban J connectivity index is 0.000000182. The number of rotatable bonds is 0. The van der Waals surface area contributed by atoms with E-state index in [1.165, 1.54) is 38.7 Å². The maximum atomic E-state index is 3.78. The highest BCUT2D eigenvalue weighted by Gasteiger charge is 1.93. The molecule has 5 heterocycles. The fraction of sp³-hybridized carbons (Fsp3) is 0.238. The van der Waals surface area contributed by atoms with Crippen molar-refractivity contribution in [1.29, 1.82) is 0 Å². The van der Waals surface area contributed by atoms with Crippen LogP contribution in [-0.2, 0) is 0 Å². The zero-order valence-corrected chi connectivity index (χ0v) is 16.5. The number of nitrogens with zero attached hydrogens (tertiary/aromatic N) is 6. The Morgan fingerprint density at radius 3 is 1.24 bits per heavy atom. The molecule has 1 aliphatic rings. The van der Waals surface area contributed by atoms with Gasteiger partial charge in [0.15, 0.2) is 0 Å². The van der Waals surface area contributed by atoms with E-state index in [1.54, 1.807) is 74.4 Å². The molecule has 4 aromatic heterocycles. The van der Waals surface area contributed by atoms with Crippen LogP contribution in [0.3, 0.4) is 0 Å². The molecule has 0 spiro atoms. The highest BCUT2D eigenvalue weighted by molar-refractivity contribution is 4.88. The second-order valence-corrected chi connectivity index (χ2v) is 5.39. The van der Waals surface area contributed by atoms with Crippen molar-refractivity contribution in [2.24, 2.45) is 0 Å². The monoisotopic (exact) mass is 392 g/mol. The number of piperidine rings is 1. The maximum absolute atomic E-state index is 3.78. The number of nitrogens with one attached hydrogen (secondary N) is 2. The highest BCUT2D eigenvalue weighted by atomic mass is 14.9. The summed E-state index contributed by atoms with van der Waals surface area (Å²) in [6.07, 6.45) is 24.2. The number of hydrogen-bond acceptors (Lipinski definition) is 7. The molecular weight excluding hydrogens is 364 g/mol. The van der Waals surface area contributed by atoms with Gasteiger partial charge in [-0.15, -0.1) is 0 Å².